The maximum Gasteiger partial charge on any atom is 0.253 e. The van der Waals surface area contributed by atoms with Gasteiger partial charge in [-0.1, -0.05) is 36.2 Å². The van der Waals surface area contributed by atoms with Gasteiger partial charge in [0.05, 0.1) is 17.1 Å². The molecule has 38 heavy (non-hydrogen) atoms. The summed E-state index contributed by atoms with van der Waals surface area (Å²) >= 11 is 11.9. The van der Waals surface area contributed by atoms with Crippen LogP contribution in [0.2, 0.25) is 10.2 Å². The van der Waals surface area contributed by atoms with E-state index in [2.05, 4.69) is 42.0 Å². The molecule has 7 nitrogen and oxygen atoms in total. The molecule has 2 aromatic rings. The molecule has 2 bridgehead atoms. The van der Waals surface area contributed by atoms with Gasteiger partial charge in [0.25, 0.3) is 5.91 Å². The van der Waals surface area contributed by atoms with E-state index in [9.17, 15) is 9.59 Å². The van der Waals surface area contributed by atoms with Gasteiger partial charge in [-0.25, -0.2) is 4.98 Å². The van der Waals surface area contributed by atoms with Gasteiger partial charge < -0.3 is 10.1 Å². The number of nitrogens with zero attached hydrogens (tertiary/aromatic N) is 3. The summed E-state index contributed by atoms with van der Waals surface area (Å²) in [5.41, 5.74) is 3.99. The van der Waals surface area contributed by atoms with E-state index >= 15 is 0 Å². The summed E-state index contributed by atoms with van der Waals surface area (Å²) in [4.78, 5) is 33.7. The van der Waals surface area contributed by atoms with Crippen molar-refractivity contribution in [3.63, 3.8) is 0 Å². The molecule has 2 aliphatic rings. The maximum atomic E-state index is 12.8. The van der Waals surface area contributed by atoms with Gasteiger partial charge in [-0.3, -0.25) is 19.4 Å². The van der Waals surface area contributed by atoms with Crippen LogP contribution >= 0.6 is 23.2 Å². The SMILES string of the molecule is CCN(C)CC(=O)COc1ccc(C(C)N2C3CCC2CC(NC(=O)c2cnc(Cl)c(Cl)c2)C3)c(C)c1C. The Morgan fingerprint density at radius 2 is 1.87 bits per heavy atom. The van der Waals surface area contributed by atoms with E-state index in [1.165, 1.54) is 17.3 Å². The Bertz CT molecular complexity index is 1180. The minimum atomic E-state index is -0.163. The lowest BCUT2D eigenvalue weighted by atomic mass is 9.91. The third-order valence-electron chi connectivity index (χ3n) is 8.23. The molecule has 3 atom stereocenters. The van der Waals surface area contributed by atoms with Crippen molar-refractivity contribution < 1.29 is 14.3 Å². The second-order valence-electron chi connectivity index (χ2n) is 10.7. The molecule has 206 valence electrons. The zero-order valence-corrected chi connectivity index (χ0v) is 24.4. The van der Waals surface area contributed by atoms with Crippen molar-refractivity contribution >= 4 is 34.9 Å². The number of rotatable bonds is 10. The largest absolute Gasteiger partial charge is 0.485 e. The quantitative estimate of drug-likeness (QED) is 0.392. The summed E-state index contributed by atoms with van der Waals surface area (Å²) in [7, 11) is 1.93. The molecule has 1 aromatic carbocycles. The van der Waals surface area contributed by atoms with Gasteiger partial charge in [-0.15, -0.1) is 0 Å². The van der Waals surface area contributed by atoms with Gasteiger partial charge >= 0.3 is 0 Å². The van der Waals surface area contributed by atoms with Gasteiger partial charge in [0.15, 0.2) is 5.78 Å². The fourth-order valence-electron chi connectivity index (χ4n) is 5.98. The summed E-state index contributed by atoms with van der Waals surface area (Å²) in [6.07, 6.45) is 5.55. The number of benzene rings is 1. The van der Waals surface area contributed by atoms with Crippen LogP contribution in [-0.2, 0) is 4.79 Å². The number of carbonyl (C=O) groups is 2. The molecule has 1 aromatic heterocycles. The van der Waals surface area contributed by atoms with Crippen LogP contribution in [0.3, 0.4) is 0 Å². The van der Waals surface area contributed by atoms with Crippen molar-refractivity contribution in [3.8, 4) is 5.75 Å². The minimum Gasteiger partial charge on any atom is -0.485 e. The van der Waals surface area contributed by atoms with Crippen LogP contribution < -0.4 is 10.1 Å². The molecule has 2 fully saturated rings. The third-order valence-corrected chi connectivity index (χ3v) is 8.92. The third kappa shape index (κ3) is 6.33. The zero-order valence-electron chi connectivity index (χ0n) is 22.9. The Balaban J connectivity index is 1.39. The lowest BCUT2D eigenvalue weighted by molar-refractivity contribution is -0.121. The average molecular weight is 562 g/mol. The first-order valence-electron chi connectivity index (χ1n) is 13.4. The summed E-state index contributed by atoms with van der Waals surface area (Å²) < 4.78 is 5.91. The first-order valence-corrected chi connectivity index (χ1v) is 14.2. The average Bonchev–Trinajstić information content (AvgIpc) is 3.16. The summed E-state index contributed by atoms with van der Waals surface area (Å²) in [6.45, 7) is 9.82. The first kappa shape index (κ1) is 28.8. The number of likely N-dealkylation sites (N-methyl/N-ethyl adjacent to an activating group) is 1. The van der Waals surface area contributed by atoms with Crippen LogP contribution in [0.15, 0.2) is 24.4 Å². The molecule has 2 aliphatic heterocycles. The number of nitrogens with one attached hydrogen (secondary N) is 1. The van der Waals surface area contributed by atoms with Crippen LogP contribution in [0.4, 0.5) is 0 Å². The highest BCUT2D eigenvalue weighted by molar-refractivity contribution is 6.41. The predicted octanol–water partition coefficient (Wildman–Crippen LogP) is 5.39. The minimum absolute atomic E-state index is 0.0748. The summed E-state index contributed by atoms with van der Waals surface area (Å²) in [6, 6.07) is 6.89. The fourth-order valence-corrected chi connectivity index (χ4v) is 6.25. The zero-order chi connectivity index (χ0) is 27.6. The highest BCUT2D eigenvalue weighted by Crippen LogP contribution is 2.43. The Labute approximate surface area is 235 Å². The number of halogens is 2. The topological polar surface area (TPSA) is 74.8 Å². The molecule has 0 spiro atoms. The molecule has 3 heterocycles. The molecule has 1 N–H and O–H groups in total. The van der Waals surface area contributed by atoms with Crippen molar-refractivity contribution in [1.82, 2.24) is 20.1 Å². The van der Waals surface area contributed by atoms with E-state index in [1.807, 2.05) is 24.9 Å². The number of piperidine rings is 1. The molecule has 3 unspecified atom stereocenters. The number of hydrogen-bond donors (Lipinski definition) is 1. The van der Waals surface area contributed by atoms with Gasteiger partial charge in [0.1, 0.15) is 17.5 Å². The Morgan fingerprint density at radius 1 is 1.18 bits per heavy atom. The number of aromatic nitrogens is 1. The van der Waals surface area contributed by atoms with Gasteiger partial charge in [0.2, 0.25) is 0 Å². The fraction of sp³-hybridized carbons (Fsp3) is 0.552. The van der Waals surface area contributed by atoms with Crippen LogP contribution in [0.25, 0.3) is 0 Å². The van der Waals surface area contributed by atoms with Crippen LogP contribution in [0.5, 0.6) is 5.75 Å². The molecule has 0 radical (unpaired) electrons. The van der Waals surface area contributed by atoms with Gasteiger partial charge in [-0.05, 0) is 88.9 Å². The molecule has 1 amide bonds. The Kier molecular flexibility index (Phi) is 9.35. The maximum absolute atomic E-state index is 12.8. The molecule has 4 rings (SSSR count). The van der Waals surface area contributed by atoms with E-state index in [1.54, 1.807) is 6.07 Å². The standard InChI is InChI=1S/C29H38Cl2N4O3/c1-6-34(5)15-24(36)16-38-27-10-9-25(17(2)18(27)3)19(4)35-22-7-8-23(35)13-21(12-22)33-29(37)20-11-26(30)28(31)32-14-20/h9-11,14,19,21-23H,6-8,12-13,15-16H2,1-5H3,(H,33,37). The normalized spacial score (nSPS) is 21.9. The van der Waals surface area contributed by atoms with E-state index in [4.69, 9.17) is 27.9 Å². The van der Waals surface area contributed by atoms with Crippen molar-refractivity contribution in [2.24, 2.45) is 0 Å². The van der Waals surface area contributed by atoms with Crippen molar-refractivity contribution in [2.75, 3.05) is 26.7 Å². The van der Waals surface area contributed by atoms with E-state index in [0.717, 1.165) is 43.5 Å². The van der Waals surface area contributed by atoms with E-state index < -0.39 is 0 Å². The monoisotopic (exact) mass is 560 g/mol. The molecule has 2 saturated heterocycles. The van der Waals surface area contributed by atoms with Crippen LogP contribution in [0, 0.1) is 13.8 Å². The summed E-state index contributed by atoms with van der Waals surface area (Å²) in [5.74, 6) is 0.682. The second kappa shape index (κ2) is 12.3. The highest BCUT2D eigenvalue weighted by atomic mass is 35.5. The number of ketones is 1. The number of pyridine rings is 1. The van der Waals surface area contributed by atoms with Crippen LogP contribution in [0.1, 0.15) is 72.6 Å². The van der Waals surface area contributed by atoms with Crippen molar-refractivity contribution in [3.05, 3.63) is 56.8 Å². The molecular formula is C29H38Cl2N4O3. The van der Waals surface area contributed by atoms with Crippen LogP contribution in [-0.4, -0.2) is 71.3 Å². The van der Waals surface area contributed by atoms with Gasteiger partial charge in [0, 0.05) is 30.4 Å². The first-order chi connectivity index (χ1) is 18.1. The molecule has 0 aliphatic carbocycles. The number of hydrogen-bond acceptors (Lipinski definition) is 6. The summed E-state index contributed by atoms with van der Waals surface area (Å²) in [5, 5.41) is 3.67. The number of amides is 1. The molecule has 9 heteroatoms. The highest BCUT2D eigenvalue weighted by Gasteiger charge is 2.43. The van der Waals surface area contributed by atoms with Crippen molar-refractivity contribution in [1.29, 1.82) is 0 Å². The van der Waals surface area contributed by atoms with Crippen molar-refractivity contribution in [2.45, 2.75) is 77.5 Å². The Hall–Kier alpha value is -2.19. The molecule has 0 saturated carbocycles. The predicted molar refractivity (Wildman–Crippen MR) is 151 cm³/mol. The number of ether oxygens (including phenoxy) is 1. The second-order valence-corrected chi connectivity index (χ2v) is 11.5. The number of Topliss-reactive ketones (excluding diaryl/α,β-unsaturated/α-hetero) is 1. The lowest BCUT2D eigenvalue weighted by Gasteiger charge is -2.43. The van der Waals surface area contributed by atoms with E-state index in [0.29, 0.717) is 24.2 Å². The Morgan fingerprint density at radius 3 is 2.50 bits per heavy atom. The smallest absolute Gasteiger partial charge is 0.253 e. The number of carbonyl (C=O) groups excluding carboxylic acids is 2. The lowest BCUT2D eigenvalue weighted by Crippen LogP contribution is -2.51. The molecular weight excluding hydrogens is 523 g/mol. The number of fused-ring (bicyclic) bond motifs is 2. The van der Waals surface area contributed by atoms with Gasteiger partial charge in [-0.2, -0.15) is 0 Å². The van der Waals surface area contributed by atoms with E-state index in [-0.39, 0.29) is 40.6 Å².